The molecule has 2 heterocycles. The Kier molecular flexibility index (Phi) is 3.73. The van der Waals surface area contributed by atoms with Crippen molar-refractivity contribution in [3.63, 3.8) is 0 Å². The normalized spacial score (nSPS) is 16.0. The zero-order valence-corrected chi connectivity index (χ0v) is 13.1. The quantitative estimate of drug-likeness (QED) is 0.720. The molecule has 120 valence electrons. The summed E-state index contributed by atoms with van der Waals surface area (Å²) in [6.45, 7) is 2.08. The molecular weight excluding hydrogens is 294 g/mol. The van der Waals surface area contributed by atoms with Crippen molar-refractivity contribution < 1.29 is 13.7 Å². The molecule has 1 saturated carbocycles. The summed E-state index contributed by atoms with van der Waals surface area (Å²) in [5, 5.41) is 4.04. The van der Waals surface area contributed by atoms with Gasteiger partial charge in [-0.1, -0.05) is 30.5 Å². The molecule has 0 spiro atoms. The third-order valence-corrected chi connectivity index (χ3v) is 4.28. The molecule has 6 nitrogen and oxygen atoms in total. The zero-order valence-electron chi connectivity index (χ0n) is 13.1. The standard InChI is InChI=1S/C17H19N3O3/c1-11-18-16-13(8-5-9-14(16)22-11)21-10-15-19-17(23-20-15)12-6-3-2-4-7-12/h5,8-9,12H,2-4,6-7,10H2,1H3. The second-order valence-electron chi connectivity index (χ2n) is 6.01. The lowest BCUT2D eigenvalue weighted by atomic mass is 9.89. The van der Waals surface area contributed by atoms with Crippen LogP contribution in [0, 0.1) is 6.92 Å². The van der Waals surface area contributed by atoms with Crippen molar-refractivity contribution in [3.8, 4) is 5.75 Å². The summed E-state index contributed by atoms with van der Waals surface area (Å²) in [6.07, 6.45) is 6.07. The van der Waals surface area contributed by atoms with Crippen LogP contribution in [-0.4, -0.2) is 15.1 Å². The van der Waals surface area contributed by atoms with Gasteiger partial charge in [0.15, 0.2) is 23.6 Å². The second kappa shape index (κ2) is 6.02. The van der Waals surface area contributed by atoms with Gasteiger partial charge in [0, 0.05) is 12.8 Å². The summed E-state index contributed by atoms with van der Waals surface area (Å²) in [7, 11) is 0. The Balaban J connectivity index is 1.47. The highest BCUT2D eigenvalue weighted by Gasteiger charge is 2.21. The number of rotatable bonds is 4. The van der Waals surface area contributed by atoms with Gasteiger partial charge in [0.25, 0.3) is 0 Å². The first-order valence-corrected chi connectivity index (χ1v) is 8.11. The summed E-state index contributed by atoms with van der Waals surface area (Å²) >= 11 is 0. The first-order valence-electron chi connectivity index (χ1n) is 8.11. The molecule has 0 amide bonds. The first-order chi connectivity index (χ1) is 11.3. The zero-order chi connectivity index (χ0) is 15.6. The minimum absolute atomic E-state index is 0.265. The monoisotopic (exact) mass is 313 g/mol. The highest BCUT2D eigenvalue weighted by atomic mass is 16.5. The van der Waals surface area contributed by atoms with E-state index in [0.29, 0.717) is 23.4 Å². The van der Waals surface area contributed by atoms with E-state index < -0.39 is 0 Å². The Morgan fingerprint density at radius 2 is 2.04 bits per heavy atom. The highest BCUT2D eigenvalue weighted by Crippen LogP contribution is 2.31. The third-order valence-electron chi connectivity index (χ3n) is 4.28. The summed E-state index contributed by atoms with van der Waals surface area (Å²) < 4.78 is 16.7. The molecule has 0 unspecified atom stereocenters. The first kappa shape index (κ1) is 14.2. The molecule has 23 heavy (non-hydrogen) atoms. The molecule has 1 fully saturated rings. The third kappa shape index (κ3) is 2.93. The number of aryl methyl sites for hydroxylation is 1. The van der Waals surface area contributed by atoms with Gasteiger partial charge in [-0.3, -0.25) is 0 Å². The van der Waals surface area contributed by atoms with Gasteiger partial charge in [0.1, 0.15) is 5.75 Å². The maximum Gasteiger partial charge on any atom is 0.229 e. The van der Waals surface area contributed by atoms with Crippen LogP contribution in [0.1, 0.15) is 55.6 Å². The molecule has 0 saturated heterocycles. The Hall–Kier alpha value is -2.37. The number of ether oxygens (including phenoxy) is 1. The molecular formula is C17H19N3O3. The fraction of sp³-hybridized carbons (Fsp3) is 0.471. The molecule has 1 aromatic carbocycles. The second-order valence-corrected chi connectivity index (χ2v) is 6.01. The fourth-order valence-electron chi connectivity index (χ4n) is 3.13. The lowest BCUT2D eigenvalue weighted by molar-refractivity contribution is 0.282. The van der Waals surface area contributed by atoms with Crippen molar-refractivity contribution in [3.05, 3.63) is 35.8 Å². The number of oxazole rings is 1. The molecule has 0 radical (unpaired) electrons. The molecule has 3 aromatic rings. The molecule has 4 rings (SSSR count). The van der Waals surface area contributed by atoms with Gasteiger partial charge in [-0.2, -0.15) is 4.98 Å². The molecule has 0 atom stereocenters. The maximum atomic E-state index is 5.81. The number of nitrogens with zero attached hydrogens (tertiary/aromatic N) is 3. The van der Waals surface area contributed by atoms with E-state index in [2.05, 4.69) is 15.1 Å². The molecule has 0 aliphatic heterocycles. The largest absolute Gasteiger partial charge is 0.483 e. The predicted molar refractivity (Wildman–Crippen MR) is 83.2 cm³/mol. The SMILES string of the molecule is Cc1nc2c(OCc3noc(C4CCCCC4)n3)cccc2o1. The lowest BCUT2D eigenvalue weighted by Gasteiger charge is -2.17. The van der Waals surface area contributed by atoms with Crippen molar-refractivity contribution in [2.75, 3.05) is 0 Å². The molecule has 1 aliphatic rings. The van der Waals surface area contributed by atoms with Crippen LogP contribution in [0.4, 0.5) is 0 Å². The van der Waals surface area contributed by atoms with Crippen molar-refractivity contribution in [1.82, 2.24) is 15.1 Å². The minimum atomic E-state index is 0.265. The van der Waals surface area contributed by atoms with E-state index >= 15 is 0 Å². The van der Waals surface area contributed by atoms with E-state index in [0.717, 1.165) is 29.8 Å². The van der Waals surface area contributed by atoms with Crippen molar-refractivity contribution in [1.29, 1.82) is 0 Å². The number of hydrogen-bond acceptors (Lipinski definition) is 6. The Bertz CT molecular complexity index is 802. The molecule has 6 heteroatoms. The van der Waals surface area contributed by atoms with Crippen LogP contribution in [0.25, 0.3) is 11.1 Å². The summed E-state index contributed by atoms with van der Waals surface area (Å²) in [5.41, 5.74) is 1.44. The summed E-state index contributed by atoms with van der Waals surface area (Å²) in [5.74, 6) is 3.02. The topological polar surface area (TPSA) is 74.2 Å². The van der Waals surface area contributed by atoms with E-state index in [4.69, 9.17) is 13.7 Å². The summed E-state index contributed by atoms with van der Waals surface area (Å²) in [6, 6.07) is 5.62. The van der Waals surface area contributed by atoms with Crippen LogP contribution < -0.4 is 4.74 Å². The van der Waals surface area contributed by atoms with Gasteiger partial charge >= 0.3 is 0 Å². The van der Waals surface area contributed by atoms with Gasteiger partial charge in [-0.25, -0.2) is 4.98 Å². The van der Waals surface area contributed by atoms with Crippen LogP contribution in [0.2, 0.25) is 0 Å². The molecule has 0 N–H and O–H groups in total. The highest BCUT2D eigenvalue weighted by molar-refractivity contribution is 5.79. The van der Waals surface area contributed by atoms with Gasteiger partial charge in [-0.05, 0) is 25.0 Å². The Labute approximate surface area is 133 Å². The van der Waals surface area contributed by atoms with Crippen molar-refractivity contribution >= 4 is 11.1 Å². The van der Waals surface area contributed by atoms with Crippen LogP contribution in [-0.2, 0) is 6.61 Å². The van der Waals surface area contributed by atoms with Crippen LogP contribution in [0.5, 0.6) is 5.75 Å². The van der Waals surface area contributed by atoms with E-state index in [9.17, 15) is 0 Å². The van der Waals surface area contributed by atoms with E-state index in [1.807, 2.05) is 25.1 Å². The maximum absolute atomic E-state index is 5.81. The molecule has 2 aromatic heterocycles. The number of hydrogen-bond donors (Lipinski definition) is 0. The van der Waals surface area contributed by atoms with Crippen LogP contribution in [0.15, 0.2) is 27.1 Å². The van der Waals surface area contributed by atoms with E-state index in [1.54, 1.807) is 0 Å². The van der Waals surface area contributed by atoms with Gasteiger partial charge < -0.3 is 13.7 Å². The average molecular weight is 313 g/mol. The smallest absolute Gasteiger partial charge is 0.229 e. The van der Waals surface area contributed by atoms with Crippen LogP contribution in [0.3, 0.4) is 0 Å². The average Bonchev–Trinajstić information content (AvgIpc) is 3.19. The molecule has 1 aliphatic carbocycles. The van der Waals surface area contributed by atoms with Crippen LogP contribution >= 0.6 is 0 Å². The number of aromatic nitrogens is 3. The molecule has 0 bridgehead atoms. The number of fused-ring (bicyclic) bond motifs is 1. The minimum Gasteiger partial charge on any atom is -0.483 e. The number of benzene rings is 1. The van der Waals surface area contributed by atoms with Crippen molar-refractivity contribution in [2.24, 2.45) is 0 Å². The van der Waals surface area contributed by atoms with Crippen molar-refractivity contribution in [2.45, 2.75) is 51.6 Å². The summed E-state index contributed by atoms with van der Waals surface area (Å²) in [4.78, 5) is 8.84. The predicted octanol–water partition coefficient (Wildman–Crippen LogP) is 4.15. The Morgan fingerprint density at radius 1 is 1.17 bits per heavy atom. The van der Waals surface area contributed by atoms with Gasteiger partial charge in [-0.15, -0.1) is 0 Å². The van der Waals surface area contributed by atoms with Gasteiger partial charge in [0.05, 0.1) is 0 Å². The lowest BCUT2D eigenvalue weighted by Crippen LogP contribution is -2.05. The van der Waals surface area contributed by atoms with E-state index in [-0.39, 0.29) is 6.61 Å². The van der Waals surface area contributed by atoms with E-state index in [1.165, 1.54) is 19.3 Å². The fourth-order valence-corrected chi connectivity index (χ4v) is 3.13. The van der Waals surface area contributed by atoms with Gasteiger partial charge in [0.2, 0.25) is 11.7 Å². The Morgan fingerprint density at radius 3 is 2.91 bits per heavy atom. The number of para-hydroxylation sites is 1.